The van der Waals surface area contributed by atoms with E-state index in [0.29, 0.717) is 42.9 Å². The number of nitrogens with zero attached hydrogens (tertiary/aromatic N) is 4. The van der Waals surface area contributed by atoms with Gasteiger partial charge in [0.1, 0.15) is 7.11 Å². The van der Waals surface area contributed by atoms with Gasteiger partial charge in [0, 0.05) is 18.7 Å². The van der Waals surface area contributed by atoms with Crippen molar-refractivity contribution in [3.05, 3.63) is 17.4 Å². The van der Waals surface area contributed by atoms with Gasteiger partial charge in [-0.15, -0.1) is 0 Å². The molecule has 0 unspecified atom stereocenters. The largest absolute Gasteiger partial charge is 0.438 e. The summed E-state index contributed by atoms with van der Waals surface area (Å²) in [6.07, 6.45) is -0.832. The summed E-state index contributed by atoms with van der Waals surface area (Å²) in [5, 5.41) is 7.96. The van der Waals surface area contributed by atoms with Crippen molar-refractivity contribution >= 4 is 34.8 Å². The van der Waals surface area contributed by atoms with Crippen LogP contribution in [0.5, 0.6) is 0 Å². The molecule has 0 aliphatic carbocycles. The average molecular weight is 464 g/mol. The van der Waals surface area contributed by atoms with Crippen molar-refractivity contribution < 1.29 is 37.5 Å². The highest BCUT2D eigenvalue weighted by Crippen LogP contribution is 2.42. The zero-order valence-electron chi connectivity index (χ0n) is 18.5. The number of oxime groups is 1. The van der Waals surface area contributed by atoms with Gasteiger partial charge >= 0.3 is 6.09 Å². The van der Waals surface area contributed by atoms with Gasteiger partial charge < -0.3 is 33.2 Å². The van der Waals surface area contributed by atoms with Crippen LogP contribution in [0, 0.1) is 5.82 Å². The molecule has 12 heteroatoms. The molecule has 3 aliphatic heterocycles. The van der Waals surface area contributed by atoms with Gasteiger partial charge in [0.15, 0.2) is 24.0 Å². The van der Waals surface area contributed by atoms with E-state index in [1.165, 1.54) is 18.2 Å². The molecule has 0 N–H and O–H groups in total. The van der Waals surface area contributed by atoms with E-state index in [4.69, 9.17) is 23.5 Å². The monoisotopic (exact) mass is 464 g/mol. The Kier molecular flexibility index (Phi) is 5.81. The van der Waals surface area contributed by atoms with Crippen LogP contribution < -0.4 is 9.80 Å². The SMILES string of the molecule is CON=C[C@H]1CN(c2noc3c(F)c(N4C[C@@H](C)O[C@H](C)C4)c(C4OCCO4)cc23)C(=O)O1. The predicted octanol–water partition coefficient (Wildman–Crippen LogP) is 2.58. The number of carbonyl (C=O) groups is 1. The predicted molar refractivity (Wildman–Crippen MR) is 114 cm³/mol. The van der Waals surface area contributed by atoms with Crippen molar-refractivity contribution in [3.8, 4) is 0 Å². The standard InChI is InChI=1S/C21H25FN4O7/c1-11-8-25(9-12(2)31-11)17-14(20-29-4-5-30-20)6-15-18(16(17)22)33-24-19(15)26-10-13(7-23-28-3)32-21(26)27/h6-7,11-13,20H,4-5,8-10H2,1-3H3/t11-,12-,13+/m1/s1. The molecule has 2 aromatic rings. The summed E-state index contributed by atoms with van der Waals surface area (Å²) >= 11 is 0. The van der Waals surface area contributed by atoms with Crippen molar-refractivity contribution in [1.29, 1.82) is 0 Å². The Hall–Kier alpha value is -2.96. The third-order valence-electron chi connectivity index (χ3n) is 5.72. The number of ether oxygens (including phenoxy) is 4. The van der Waals surface area contributed by atoms with Gasteiger partial charge in [-0.05, 0) is 19.9 Å². The van der Waals surface area contributed by atoms with E-state index in [1.807, 2.05) is 18.7 Å². The maximum absolute atomic E-state index is 16.0. The molecule has 1 aromatic carbocycles. The fourth-order valence-electron chi connectivity index (χ4n) is 4.49. The minimum atomic E-state index is -0.748. The second kappa shape index (κ2) is 8.76. The van der Waals surface area contributed by atoms with Crippen LogP contribution in [0.15, 0.2) is 15.7 Å². The number of fused-ring (bicyclic) bond motifs is 1. The highest BCUT2D eigenvalue weighted by molar-refractivity contribution is 6.01. The minimum Gasteiger partial charge on any atom is -0.438 e. The molecule has 5 rings (SSSR count). The summed E-state index contributed by atoms with van der Waals surface area (Å²) in [5.41, 5.74) is 0.775. The van der Waals surface area contributed by atoms with Crippen LogP contribution >= 0.6 is 0 Å². The van der Waals surface area contributed by atoms with Crippen molar-refractivity contribution in [1.82, 2.24) is 5.16 Å². The second-order valence-corrected chi connectivity index (χ2v) is 8.22. The van der Waals surface area contributed by atoms with Gasteiger partial charge in [0.25, 0.3) is 0 Å². The zero-order chi connectivity index (χ0) is 23.1. The Morgan fingerprint density at radius 2 is 1.94 bits per heavy atom. The van der Waals surface area contributed by atoms with E-state index in [2.05, 4.69) is 15.1 Å². The zero-order valence-corrected chi connectivity index (χ0v) is 18.5. The van der Waals surface area contributed by atoms with Crippen molar-refractivity contribution in [2.45, 2.75) is 38.4 Å². The number of hydrogen-bond donors (Lipinski definition) is 0. The lowest BCUT2D eigenvalue weighted by Crippen LogP contribution is -2.46. The summed E-state index contributed by atoms with van der Waals surface area (Å²) < 4.78 is 43.9. The fourth-order valence-corrected chi connectivity index (χ4v) is 4.49. The Balaban J connectivity index is 1.58. The molecular formula is C21H25FN4O7. The van der Waals surface area contributed by atoms with E-state index in [0.717, 1.165) is 0 Å². The Morgan fingerprint density at radius 1 is 1.21 bits per heavy atom. The Bertz CT molecular complexity index is 1060. The molecule has 11 nitrogen and oxygen atoms in total. The highest BCUT2D eigenvalue weighted by atomic mass is 19.1. The lowest BCUT2D eigenvalue weighted by molar-refractivity contribution is -0.0445. The quantitative estimate of drug-likeness (QED) is 0.487. The molecule has 4 heterocycles. The molecule has 178 valence electrons. The van der Waals surface area contributed by atoms with Gasteiger partial charge in [0.05, 0.1) is 49.3 Å². The molecule has 0 bridgehead atoms. The lowest BCUT2D eigenvalue weighted by atomic mass is 10.0. The Labute approximate surface area is 188 Å². The van der Waals surface area contributed by atoms with Gasteiger partial charge in [-0.2, -0.15) is 0 Å². The van der Waals surface area contributed by atoms with Gasteiger partial charge in [-0.1, -0.05) is 10.3 Å². The van der Waals surface area contributed by atoms with Crippen molar-refractivity contribution in [2.24, 2.45) is 5.16 Å². The summed E-state index contributed by atoms with van der Waals surface area (Å²) in [6.45, 7) is 5.79. The molecule has 3 aliphatic rings. The molecule has 3 atom stereocenters. The van der Waals surface area contributed by atoms with E-state index in [1.54, 1.807) is 6.07 Å². The average Bonchev–Trinajstić information content (AvgIpc) is 3.51. The third-order valence-corrected chi connectivity index (χ3v) is 5.72. The lowest BCUT2D eigenvalue weighted by Gasteiger charge is -2.38. The van der Waals surface area contributed by atoms with Gasteiger partial charge in [-0.3, -0.25) is 4.90 Å². The van der Waals surface area contributed by atoms with Crippen LogP contribution in [0.4, 0.5) is 20.7 Å². The number of benzene rings is 1. The molecular weight excluding hydrogens is 439 g/mol. The number of anilines is 2. The summed E-state index contributed by atoms with van der Waals surface area (Å²) in [4.78, 5) is 20.3. The van der Waals surface area contributed by atoms with Crippen LogP contribution in [0.2, 0.25) is 0 Å². The first-order chi connectivity index (χ1) is 16.0. The van der Waals surface area contributed by atoms with E-state index in [9.17, 15) is 4.79 Å². The molecule has 1 aromatic heterocycles. The molecule has 3 fully saturated rings. The number of morpholine rings is 1. The number of hydrogen-bond acceptors (Lipinski definition) is 10. The van der Waals surface area contributed by atoms with E-state index < -0.39 is 24.3 Å². The number of cyclic esters (lactones) is 1. The first-order valence-electron chi connectivity index (χ1n) is 10.8. The van der Waals surface area contributed by atoms with Crippen molar-refractivity contribution in [3.63, 3.8) is 0 Å². The van der Waals surface area contributed by atoms with E-state index in [-0.39, 0.29) is 30.2 Å². The molecule has 33 heavy (non-hydrogen) atoms. The van der Waals surface area contributed by atoms with Crippen LogP contribution in [0.1, 0.15) is 25.7 Å². The maximum atomic E-state index is 16.0. The number of aromatic nitrogens is 1. The van der Waals surface area contributed by atoms with Crippen molar-refractivity contribution in [2.75, 3.05) is 49.8 Å². The second-order valence-electron chi connectivity index (χ2n) is 8.22. The smallest absolute Gasteiger partial charge is 0.416 e. The molecule has 1 amide bonds. The molecule has 0 spiro atoms. The highest BCUT2D eigenvalue weighted by Gasteiger charge is 2.38. The van der Waals surface area contributed by atoms with Crippen LogP contribution in [-0.4, -0.2) is 75.7 Å². The number of rotatable bonds is 5. The van der Waals surface area contributed by atoms with Crippen LogP contribution in [0.3, 0.4) is 0 Å². The number of amides is 1. The molecule has 3 saturated heterocycles. The number of carbonyl (C=O) groups excluding carboxylic acids is 1. The normalized spacial score (nSPS) is 26.7. The minimum absolute atomic E-state index is 0.0599. The van der Waals surface area contributed by atoms with Crippen LogP contribution in [0.25, 0.3) is 11.0 Å². The topological polar surface area (TPSA) is 108 Å². The Morgan fingerprint density at radius 3 is 2.64 bits per heavy atom. The van der Waals surface area contributed by atoms with Crippen LogP contribution in [-0.2, 0) is 23.8 Å². The molecule has 0 radical (unpaired) electrons. The van der Waals surface area contributed by atoms with Gasteiger partial charge in [0.2, 0.25) is 5.58 Å². The summed E-state index contributed by atoms with van der Waals surface area (Å²) in [7, 11) is 1.39. The fraction of sp³-hybridized carbons (Fsp3) is 0.571. The molecule has 0 saturated carbocycles. The maximum Gasteiger partial charge on any atom is 0.416 e. The van der Waals surface area contributed by atoms with E-state index >= 15 is 4.39 Å². The number of halogens is 1. The third kappa shape index (κ3) is 3.98. The first kappa shape index (κ1) is 21.9. The first-order valence-corrected chi connectivity index (χ1v) is 10.8. The summed E-state index contributed by atoms with van der Waals surface area (Å²) in [6, 6.07) is 1.71. The van der Waals surface area contributed by atoms with Gasteiger partial charge in [-0.25, -0.2) is 9.18 Å². The summed E-state index contributed by atoms with van der Waals surface area (Å²) in [5.74, 6) is -0.441.